The van der Waals surface area contributed by atoms with Crippen molar-refractivity contribution in [2.75, 3.05) is 0 Å². The maximum atomic E-state index is 2.66. The maximum Gasteiger partial charge on any atom is 0.0603 e. The molecule has 5 aliphatic carbocycles. The van der Waals surface area contributed by atoms with Crippen molar-refractivity contribution in [1.82, 2.24) is 9.13 Å². The zero-order valence-corrected chi connectivity index (χ0v) is 35.4. The summed E-state index contributed by atoms with van der Waals surface area (Å²) >= 11 is 0. The fourth-order valence-electron chi connectivity index (χ4n) is 12.3. The molecular weight excluding hydrogens is 761 g/mol. The molecule has 0 N–H and O–H groups in total. The standard InChI is InChI=1S/C61H48N2/c1-3-17-41(18-4-1)42-31-35-46(36-32-42)62-56-28-14-9-23-49(56)51-39-43(33-37-58(51)62)44-34-38-59-52(40-44)50-24-10-15-29-57(50)63(59)60-30-16-13-27-55(60)61(45-19-5-2-6-20-45)53-25-11-7-21-47(53)48-22-8-12-26-54(48)61/h1-3,5-7,9-17,19-21,23-31,33-35,37-40,55,60H,4,8,18,22,32,36H2. The van der Waals surface area contributed by atoms with Gasteiger partial charge in [0.15, 0.2) is 0 Å². The van der Waals surface area contributed by atoms with Crippen LogP contribution in [0, 0.1) is 5.92 Å². The number of benzene rings is 6. The molecule has 2 aromatic heterocycles. The van der Waals surface area contributed by atoms with Gasteiger partial charge in [-0.25, -0.2) is 0 Å². The van der Waals surface area contributed by atoms with Crippen molar-refractivity contribution >= 4 is 54.9 Å². The molecule has 2 heteroatoms. The van der Waals surface area contributed by atoms with Crippen LogP contribution in [0.3, 0.4) is 0 Å². The molecule has 6 aromatic carbocycles. The third kappa shape index (κ3) is 5.44. The number of aromatic nitrogens is 2. The lowest BCUT2D eigenvalue weighted by Gasteiger charge is -2.45. The highest BCUT2D eigenvalue weighted by atomic mass is 15.0. The highest BCUT2D eigenvalue weighted by Gasteiger charge is 2.52. The summed E-state index contributed by atoms with van der Waals surface area (Å²) in [5.74, 6) is 0.127. The maximum absolute atomic E-state index is 2.66. The van der Waals surface area contributed by atoms with Crippen LogP contribution in [0.2, 0.25) is 0 Å². The first-order chi connectivity index (χ1) is 31.3. The Kier molecular flexibility index (Phi) is 8.38. The minimum Gasteiger partial charge on any atom is -0.333 e. The normalized spacial score (nSPS) is 21.6. The second-order valence-electron chi connectivity index (χ2n) is 18.1. The van der Waals surface area contributed by atoms with Gasteiger partial charge in [-0.2, -0.15) is 0 Å². The van der Waals surface area contributed by atoms with Gasteiger partial charge in [0.05, 0.1) is 22.5 Å². The SMILES string of the molecule is C1=CCCC(C2=CC=C(n3c4ccccc4c4cc(-c5ccc6c(c5)c5ccccc5n6C5C=CC=CC5C5(c6ccccc6)C6=C(CCC=C6)c6ccccc65)ccc43)CC2)=C1. The Morgan fingerprint density at radius 1 is 0.492 bits per heavy atom. The van der Waals surface area contributed by atoms with E-state index in [1.54, 1.807) is 0 Å². The van der Waals surface area contributed by atoms with E-state index in [0.29, 0.717) is 0 Å². The van der Waals surface area contributed by atoms with Crippen molar-refractivity contribution in [1.29, 1.82) is 0 Å². The predicted octanol–water partition coefficient (Wildman–Crippen LogP) is 15.8. The molecule has 0 saturated heterocycles. The Balaban J connectivity index is 0.954. The molecule has 0 aliphatic heterocycles. The van der Waals surface area contributed by atoms with Gasteiger partial charge in [-0.05, 0) is 131 Å². The molecule has 0 saturated carbocycles. The topological polar surface area (TPSA) is 9.86 Å². The molecule has 8 aromatic rings. The summed E-state index contributed by atoms with van der Waals surface area (Å²) in [5, 5.41) is 5.20. The first-order valence-electron chi connectivity index (χ1n) is 23.0. The van der Waals surface area contributed by atoms with Crippen LogP contribution in [0.5, 0.6) is 0 Å². The minimum absolute atomic E-state index is 0.0670. The van der Waals surface area contributed by atoms with E-state index in [2.05, 4.69) is 215 Å². The Bertz CT molecular complexity index is 3460. The van der Waals surface area contributed by atoms with E-state index >= 15 is 0 Å². The molecule has 3 unspecified atom stereocenters. The highest BCUT2D eigenvalue weighted by Crippen LogP contribution is 2.60. The zero-order valence-electron chi connectivity index (χ0n) is 35.4. The number of rotatable bonds is 6. The van der Waals surface area contributed by atoms with Gasteiger partial charge < -0.3 is 9.13 Å². The second-order valence-corrected chi connectivity index (χ2v) is 18.1. The van der Waals surface area contributed by atoms with Gasteiger partial charge >= 0.3 is 0 Å². The lowest BCUT2D eigenvalue weighted by Crippen LogP contribution is -2.41. The van der Waals surface area contributed by atoms with Crippen LogP contribution >= 0.6 is 0 Å². The number of para-hydroxylation sites is 2. The van der Waals surface area contributed by atoms with Crippen molar-refractivity contribution in [2.24, 2.45) is 5.92 Å². The average molecular weight is 809 g/mol. The van der Waals surface area contributed by atoms with Gasteiger partial charge in [0, 0.05) is 44.2 Å². The Hall–Kier alpha value is -7.16. The van der Waals surface area contributed by atoms with Gasteiger partial charge in [-0.15, -0.1) is 0 Å². The molecule has 13 rings (SSSR count). The average Bonchev–Trinajstić information content (AvgIpc) is 3.98. The Morgan fingerprint density at radius 2 is 1.16 bits per heavy atom. The van der Waals surface area contributed by atoms with Crippen molar-refractivity contribution < 1.29 is 0 Å². The van der Waals surface area contributed by atoms with Crippen molar-refractivity contribution in [3.8, 4) is 11.1 Å². The molecule has 2 nitrogen and oxygen atoms in total. The van der Waals surface area contributed by atoms with Gasteiger partial charge in [0.1, 0.15) is 0 Å². The summed E-state index contributed by atoms with van der Waals surface area (Å²) in [6.45, 7) is 0. The number of nitrogens with zero attached hydrogens (tertiary/aromatic N) is 2. The first kappa shape index (κ1) is 36.5. The summed E-state index contributed by atoms with van der Waals surface area (Å²) in [6.07, 6.45) is 32.5. The van der Waals surface area contributed by atoms with Gasteiger partial charge in [0.25, 0.3) is 0 Å². The summed E-state index contributed by atoms with van der Waals surface area (Å²) in [6, 6.07) is 53.1. The Morgan fingerprint density at radius 3 is 1.97 bits per heavy atom. The molecule has 0 bridgehead atoms. The third-order valence-electron chi connectivity index (χ3n) is 15.0. The van der Waals surface area contributed by atoms with Gasteiger partial charge in [-0.3, -0.25) is 0 Å². The van der Waals surface area contributed by atoms with Crippen LogP contribution < -0.4 is 0 Å². The molecule has 0 fully saturated rings. The molecule has 3 atom stereocenters. The summed E-state index contributed by atoms with van der Waals surface area (Å²) in [4.78, 5) is 0. The van der Waals surface area contributed by atoms with E-state index in [1.165, 1.54) is 99.4 Å². The third-order valence-corrected chi connectivity index (χ3v) is 15.0. The van der Waals surface area contributed by atoms with E-state index in [1.807, 2.05) is 0 Å². The molecule has 63 heavy (non-hydrogen) atoms. The highest BCUT2D eigenvalue weighted by molar-refractivity contribution is 6.13. The lowest BCUT2D eigenvalue weighted by atomic mass is 9.60. The fourth-order valence-corrected chi connectivity index (χ4v) is 12.3. The molecular formula is C61H48N2. The first-order valence-corrected chi connectivity index (χ1v) is 23.0. The number of allylic oxidation sites excluding steroid dienone is 16. The van der Waals surface area contributed by atoms with E-state index in [9.17, 15) is 0 Å². The summed E-state index contributed by atoms with van der Waals surface area (Å²) in [5.41, 5.74) is 18.8. The minimum atomic E-state index is -0.348. The lowest BCUT2D eigenvalue weighted by molar-refractivity contribution is 0.359. The number of hydrogen-bond donors (Lipinski definition) is 0. The number of fused-ring (bicyclic) bond motifs is 8. The monoisotopic (exact) mass is 808 g/mol. The van der Waals surface area contributed by atoms with E-state index in [-0.39, 0.29) is 17.4 Å². The second kappa shape index (κ2) is 14.5. The van der Waals surface area contributed by atoms with Crippen molar-refractivity contribution in [2.45, 2.75) is 50.0 Å². The zero-order chi connectivity index (χ0) is 41.5. The molecule has 2 heterocycles. The van der Waals surface area contributed by atoms with Crippen molar-refractivity contribution in [3.05, 3.63) is 240 Å². The predicted molar refractivity (Wildman–Crippen MR) is 266 cm³/mol. The van der Waals surface area contributed by atoms with Gasteiger partial charge in [0.2, 0.25) is 0 Å². The van der Waals surface area contributed by atoms with Gasteiger partial charge in [-0.1, -0.05) is 164 Å². The van der Waals surface area contributed by atoms with Crippen LogP contribution in [0.4, 0.5) is 0 Å². The van der Waals surface area contributed by atoms with Crippen LogP contribution in [-0.2, 0) is 5.41 Å². The molecule has 0 amide bonds. The summed E-state index contributed by atoms with van der Waals surface area (Å²) in [7, 11) is 0. The van der Waals surface area contributed by atoms with Crippen LogP contribution in [-0.4, -0.2) is 9.13 Å². The van der Waals surface area contributed by atoms with E-state index in [4.69, 9.17) is 0 Å². The van der Waals surface area contributed by atoms with Crippen molar-refractivity contribution in [3.63, 3.8) is 0 Å². The van der Waals surface area contributed by atoms with Crippen LogP contribution in [0.15, 0.2) is 223 Å². The molecule has 5 aliphatic rings. The summed E-state index contributed by atoms with van der Waals surface area (Å²) < 4.78 is 5.18. The van der Waals surface area contributed by atoms with E-state index < -0.39 is 0 Å². The fraction of sp³-hybridized carbons (Fsp3) is 0.148. The Labute approximate surface area is 369 Å². The van der Waals surface area contributed by atoms with Crippen LogP contribution in [0.1, 0.15) is 61.3 Å². The van der Waals surface area contributed by atoms with E-state index in [0.717, 1.165) is 38.5 Å². The molecule has 0 spiro atoms. The molecule has 302 valence electrons. The molecule has 0 radical (unpaired) electrons. The number of hydrogen-bond acceptors (Lipinski definition) is 0. The largest absolute Gasteiger partial charge is 0.333 e. The van der Waals surface area contributed by atoms with Crippen LogP contribution in [0.25, 0.3) is 66.0 Å². The smallest absolute Gasteiger partial charge is 0.0603 e. The quantitative estimate of drug-likeness (QED) is 0.158.